The van der Waals surface area contributed by atoms with E-state index in [1.165, 1.54) is 0 Å². The Kier molecular flexibility index (Phi) is 3.31. The molecule has 0 spiro atoms. The van der Waals surface area contributed by atoms with Crippen molar-refractivity contribution in [3.05, 3.63) is 0 Å². The number of hydrogen-bond donors (Lipinski definition) is 0. The van der Waals surface area contributed by atoms with E-state index in [1.54, 1.807) is 4.36 Å². The molecule has 0 aromatic carbocycles. The zero-order valence-electron chi connectivity index (χ0n) is 5.17. The molecule has 0 N–H and O–H groups in total. The van der Waals surface area contributed by atoms with Crippen LogP contribution >= 0.6 is 0 Å². The van der Waals surface area contributed by atoms with Crippen molar-refractivity contribution >= 4 is 16.4 Å². The van der Waals surface area contributed by atoms with Gasteiger partial charge in [0.2, 0.25) is 0 Å². The predicted molar refractivity (Wildman–Crippen MR) is 27.3 cm³/mol. The van der Waals surface area contributed by atoms with Crippen LogP contribution in [0.15, 0.2) is 4.36 Å². The van der Waals surface area contributed by atoms with Crippen molar-refractivity contribution in [1.29, 1.82) is 0 Å². The summed E-state index contributed by atoms with van der Waals surface area (Å²) in [5.74, 6) is -7.72. The Bertz CT molecular complexity index is 300. The fourth-order valence-corrected chi connectivity index (χ4v) is 0.479. The summed E-state index contributed by atoms with van der Waals surface area (Å²) in [5.41, 5.74) is 0. The van der Waals surface area contributed by atoms with E-state index in [0.717, 1.165) is 0 Å². The van der Waals surface area contributed by atoms with Gasteiger partial charge >= 0.3 is 28.8 Å². The molecule has 0 aromatic heterocycles. The minimum Gasteiger partial charge on any atom is -0.264 e. The van der Waals surface area contributed by atoms with Gasteiger partial charge in [0.05, 0.1) is 0 Å². The fourth-order valence-electron chi connectivity index (χ4n) is 0.222. The van der Waals surface area contributed by atoms with Crippen LogP contribution in [0, 0.1) is 0 Å². The molecule has 0 heterocycles. The van der Waals surface area contributed by atoms with Crippen LogP contribution in [0.5, 0.6) is 0 Å². The Balaban J connectivity index is 4.82. The largest absolute Gasteiger partial charge is 0.386 e. The minimum absolute atomic E-state index is 1.72. The first-order chi connectivity index (χ1) is 5.28. The fraction of sp³-hybridized carbons (Fsp3) is 0.667. The van der Waals surface area contributed by atoms with Crippen LogP contribution in [0.3, 0.4) is 0 Å². The van der Waals surface area contributed by atoms with Crippen molar-refractivity contribution in [2.24, 2.45) is 4.36 Å². The molecule has 0 rings (SSSR count). The van der Waals surface area contributed by atoms with E-state index in [9.17, 15) is 30.8 Å². The molecule has 0 saturated carbocycles. The molecule has 4 nitrogen and oxygen atoms in total. The molecule has 12 heavy (non-hydrogen) atoms. The summed E-state index contributed by atoms with van der Waals surface area (Å²) in [4.78, 5) is 9.93. The lowest BCUT2D eigenvalue weighted by Gasteiger charge is -2.07. The van der Waals surface area contributed by atoms with E-state index in [0.29, 0.717) is 0 Å². The van der Waals surface area contributed by atoms with Gasteiger partial charge in [-0.3, -0.25) is 4.79 Å². The topological polar surface area (TPSA) is 63.6 Å². The van der Waals surface area contributed by atoms with Crippen LogP contribution in [-0.2, 0) is 15.3 Å². The molecule has 0 saturated heterocycles. The molecule has 1 amide bonds. The molecule has 0 unspecified atom stereocenters. The molecule has 0 atom stereocenters. The van der Waals surface area contributed by atoms with Gasteiger partial charge in [0.1, 0.15) is 0 Å². The molecule has 0 aliphatic rings. The molecular weight excluding hydrogens is 206 g/mol. The monoisotopic (exact) mass is 207 g/mol. The lowest BCUT2D eigenvalue weighted by molar-refractivity contribution is -0.165. The van der Waals surface area contributed by atoms with Crippen LogP contribution in [0.4, 0.5) is 17.6 Å². The highest BCUT2D eigenvalue weighted by molar-refractivity contribution is 7.62. The smallest absolute Gasteiger partial charge is 0.264 e. The Hall–Kier alpha value is -0.990. The zero-order chi connectivity index (χ0) is 9.94. The van der Waals surface area contributed by atoms with E-state index in [1.807, 2.05) is 0 Å². The second-order valence-electron chi connectivity index (χ2n) is 1.54. The highest BCUT2D eigenvalue weighted by Gasteiger charge is 2.49. The quantitative estimate of drug-likeness (QED) is 0.618. The predicted octanol–water partition coefficient (Wildman–Crippen LogP) is 0.476. The second kappa shape index (κ2) is 3.61. The highest BCUT2D eigenvalue weighted by atomic mass is 32.2. The lowest BCUT2D eigenvalue weighted by Crippen LogP contribution is -2.35. The standard InChI is InChI=1S/C3HF4NO3S/c4-1(5)3(6,7)2(9)8-12(10)11/h1H. The number of carbonyl (C=O) groups excluding carboxylic acids is 1. The lowest BCUT2D eigenvalue weighted by atomic mass is 10.3. The molecule has 0 aliphatic carbocycles. The van der Waals surface area contributed by atoms with Gasteiger partial charge in [0, 0.05) is 0 Å². The van der Waals surface area contributed by atoms with Crippen LogP contribution in [0.1, 0.15) is 0 Å². The number of carbonyl (C=O) groups is 1. The third-order valence-corrected chi connectivity index (χ3v) is 1.03. The highest BCUT2D eigenvalue weighted by Crippen LogP contribution is 2.23. The molecule has 0 aromatic rings. The van der Waals surface area contributed by atoms with Gasteiger partial charge in [0.25, 0.3) is 0 Å². The van der Waals surface area contributed by atoms with Crippen LogP contribution < -0.4 is 0 Å². The SMILES string of the molecule is O=C(N=S(=O)=O)C(F)(F)C(F)F. The first kappa shape index (κ1) is 11.0. The van der Waals surface area contributed by atoms with Crippen molar-refractivity contribution in [1.82, 2.24) is 0 Å². The molecule has 0 aliphatic heterocycles. The first-order valence-electron chi connectivity index (χ1n) is 2.30. The van der Waals surface area contributed by atoms with Crippen molar-refractivity contribution in [3.8, 4) is 0 Å². The van der Waals surface area contributed by atoms with E-state index < -0.39 is 28.8 Å². The van der Waals surface area contributed by atoms with E-state index >= 15 is 0 Å². The van der Waals surface area contributed by atoms with Gasteiger partial charge in [0.15, 0.2) is 0 Å². The second-order valence-corrected chi connectivity index (χ2v) is 2.15. The Labute approximate surface area is 64.9 Å². The molecule has 9 heteroatoms. The van der Waals surface area contributed by atoms with Gasteiger partial charge in [-0.25, -0.2) is 8.78 Å². The normalized spacial score (nSPS) is 11.4. The maximum absolute atomic E-state index is 11.8. The summed E-state index contributed by atoms with van der Waals surface area (Å²) in [7, 11) is -3.45. The minimum atomic E-state index is -5.04. The maximum atomic E-state index is 11.8. The Morgan fingerprint density at radius 3 is 2.00 bits per heavy atom. The molecule has 70 valence electrons. The average Bonchev–Trinajstić information content (AvgIpc) is 1.85. The maximum Gasteiger partial charge on any atom is 0.386 e. The van der Waals surface area contributed by atoms with Gasteiger partial charge in [-0.2, -0.15) is 17.2 Å². The van der Waals surface area contributed by atoms with Crippen molar-refractivity contribution in [2.45, 2.75) is 12.3 Å². The zero-order valence-corrected chi connectivity index (χ0v) is 5.99. The van der Waals surface area contributed by atoms with Crippen molar-refractivity contribution in [2.75, 3.05) is 0 Å². The number of amides is 1. The third kappa shape index (κ3) is 2.57. The third-order valence-electron chi connectivity index (χ3n) is 0.717. The summed E-state index contributed by atoms with van der Waals surface area (Å²) < 4.78 is 67.0. The molecule has 0 radical (unpaired) electrons. The van der Waals surface area contributed by atoms with E-state index in [4.69, 9.17) is 0 Å². The molecular formula is C3HF4NO3S. The van der Waals surface area contributed by atoms with Crippen LogP contribution in [-0.4, -0.2) is 26.7 Å². The van der Waals surface area contributed by atoms with Crippen molar-refractivity contribution in [3.63, 3.8) is 0 Å². The van der Waals surface area contributed by atoms with Gasteiger partial charge < -0.3 is 0 Å². The van der Waals surface area contributed by atoms with Crippen molar-refractivity contribution < 1.29 is 30.8 Å². The summed E-state index contributed by atoms with van der Waals surface area (Å²) in [6, 6.07) is 0. The summed E-state index contributed by atoms with van der Waals surface area (Å²) in [6.07, 6.45) is -4.27. The number of alkyl halides is 4. The van der Waals surface area contributed by atoms with E-state index in [-0.39, 0.29) is 0 Å². The number of rotatable bonds is 2. The molecule has 0 bridgehead atoms. The number of halogens is 4. The summed E-state index contributed by atoms with van der Waals surface area (Å²) >= 11 is 0. The van der Waals surface area contributed by atoms with Crippen LogP contribution in [0.25, 0.3) is 0 Å². The number of hydrogen-bond acceptors (Lipinski definition) is 3. The number of nitrogens with zero attached hydrogens (tertiary/aromatic N) is 1. The van der Waals surface area contributed by atoms with Gasteiger partial charge in [-0.1, -0.05) is 4.36 Å². The summed E-state index contributed by atoms with van der Waals surface area (Å²) in [5, 5.41) is 0. The summed E-state index contributed by atoms with van der Waals surface area (Å²) in [6.45, 7) is 0. The molecule has 0 fully saturated rings. The van der Waals surface area contributed by atoms with Gasteiger partial charge in [-0.15, -0.1) is 0 Å². The average molecular weight is 207 g/mol. The van der Waals surface area contributed by atoms with Gasteiger partial charge in [-0.05, 0) is 0 Å². The Morgan fingerprint density at radius 1 is 1.33 bits per heavy atom. The van der Waals surface area contributed by atoms with E-state index in [2.05, 4.69) is 0 Å². The first-order valence-corrected chi connectivity index (χ1v) is 3.33. The Morgan fingerprint density at radius 2 is 1.75 bits per heavy atom. The van der Waals surface area contributed by atoms with Crippen LogP contribution in [0.2, 0.25) is 0 Å².